The summed E-state index contributed by atoms with van der Waals surface area (Å²) in [4.78, 5) is 11.9. The van der Waals surface area contributed by atoms with Crippen molar-refractivity contribution >= 4 is 32.9 Å². The number of nitrogens with zero attached hydrogens (tertiary/aromatic N) is 3. The van der Waals surface area contributed by atoms with Crippen molar-refractivity contribution in [3.05, 3.63) is 64.4 Å². The highest BCUT2D eigenvalue weighted by atomic mass is 32.1. The van der Waals surface area contributed by atoms with Gasteiger partial charge in [-0.1, -0.05) is 23.4 Å². The third kappa shape index (κ3) is 2.32. The van der Waals surface area contributed by atoms with E-state index in [1.165, 1.54) is 34.6 Å². The highest BCUT2D eigenvalue weighted by Gasteiger charge is 2.39. The summed E-state index contributed by atoms with van der Waals surface area (Å²) in [5.41, 5.74) is 3.72. The van der Waals surface area contributed by atoms with Crippen LogP contribution in [0.1, 0.15) is 34.8 Å². The van der Waals surface area contributed by atoms with Crippen molar-refractivity contribution in [2.24, 2.45) is 0 Å². The number of aromatic nitrogens is 3. The van der Waals surface area contributed by atoms with E-state index in [9.17, 15) is 4.39 Å². The Labute approximate surface area is 163 Å². The molecule has 0 saturated heterocycles. The maximum absolute atomic E-state index is 13.2. The van der Waals surface area contributed by atoms with Gasteiger partial charge >= 0.3 is 0 Å². The van der Waals surface area contributed by atoms with Crippen LogP contribution < -0.4 is 5.32 Å². The first-order valence-corrected chi connectivity index (χ1v) is 10.0. The van der Waals surface area contributed by atoms with Gasteiger partial charge in [0, 0.05) is 29.0 Å². The Morgan fingerprint density at radius 1 is 1.18 bits per heavy atom. The molecule has 0 bridgehead atoms. The number of fused-ring (bicyclic) bond motifs is 6. The molecule has 0 saturated carbocycles. The second-order valence-electron chi connectivity index (χ2n) is 7.06. The second kappa shape index (κ2) is 5.97. The van der Waals surface area contributed by atoms with Gasteiger partial charge in [-0.25, -0.2) is 14.4 Å². The highest BCUT2D eigenvalue weighted by molar-refractivity contribution is 7.19. The zero-order valence-corrected chi connectivity index (χ0v) is 15.6. The molecule has 0 radical (unpaired) electrons. The SMILES string of the molecule is Fc1ccc(CNc2nc(-c3ccno3)nc3sc4c(c23)C2=CCCC24)cc1. The summed E-state index contributed by atoms with van der Waals surface area (Å²) in [6.45, 7) is 0.551. The predicted octanol–water partition coefficient (Wildman–Crippen LogP) is 5.37. The molecule has 4 aromatic rings. The molecule has 7 heteroatoms. The number of benzene rings is 1. The lowest BCUT2D eigenvalue weighted by Crippen LogP contribution is -2.10. The molecule has 6 rings (SSSR count). The number of hydrogen-bond donors (Lipinski definition) is 1. The van der Waals surface area contributed by atoms with Crippen LogP contribution in [0.15, 0.2) is 47.1 Å². The van der Waals surface area contributed by atoms with E-state index in [4.69, 9.17) is 14.5 Å². The molecular weight excluding hydrogens is 375 g/mol. The van der Waals surface area contributed by atoms with E-state index in [1.54, 1.807) is 35.7 Å². The minimum atomic E-state index is -0.237. The lowest BCUT2D eigenvalue weighted by atomic mass is 9.80. The van der Waals surface area contributed by atoms with Gasteiger partial charge in [-0.3, -0.25) is 0 Å². The fourth-order valence-corrected chi connectivity index (χ4v) is 5.43. The Hall–Kier alpha value is -3.06. The number of rotatable bonds is 4. The van der Waals surface area contributed by atoms with E-state index in [-0.39, 0.29) is 5.82 Å². The topological polar surface area (TPSA) is 63.8 Å². The van der Waals surface area contributed by atoms with Gasteiger partial charge < -0.3 is 9.84 Å². The number of hydrogen-bond acceptors (Lipinski definition) is 6. The normalized spacial score (nSPS) is 17.2. The average molecular weight is 390 g/mol. The minimum Gasteiger partial charge on any atom is -0.365 e. The van der Waals surface area contributed by atoms with E-state index >= 15 is 0 Å². The van der Waals surface area contributed by atoms with Crippen LogP contribution in [0, 0.1) is 5.82 Å². The van der Waals surface area contributed by atoms with Crippen LogP contribution in [0.25, 0.3) is 27.4 Å². The van der Waals surface area contributed by atoms with Gasteiger partial charge in [-0.15, -0.1) is 11.3 Å². The lowest BCUT2D eigenvalue weighted by molar-refractivity contribution is 0.430. The van der Waals surface area contributed by atoms with Crippen LogP contribution in [-0.2, 0) is 6.54 Å². The summed E-state index contributed by atoms with van der Waals surface area (Å²) in [6, 6.07) is 8.26. The van der Waals surface area contributed by atoms with Crippen molar-refractivity contribution in [1.82, 2.24) is 15.1 Å². The summed E-state index contributed by atoms with van der Waals surface area (Å²) in [5.74, 6) is 2.17. The zero-order valence-electron chi connectivity index (χ0n) is 14.8. The molecule has 1 aromatic carbocycles. The molecule has 1 unspecified atom stereocenters. The molecule has 5 nitrogen and oxygen atoms in total. The molecule has 0 amide bonds. The molecule has 0 fully saturated rings. The Kier molecular flexibility index (Phi) is 3.40. The third-order valence-electron chi connectivity index (χ3n) is 5.41. The number of halogens is 1. The first kappa shape index (κ1) is 15.9. The van der Waals surface area contributed by atoms with Gasteiger partial charge in [-0.05, 0) is 36.1 Å². The molecular formula is C21H15FN4OS. The van der Waals surface area contributed by atoms with Crippen molar-refractivity contribution in [3.8, 4) is 11.6 Å². The molecule has 3 aromatic heterocycles. The standard InChI is InChI=1S/C21H15FN4OS/c22-12-6-4-11(5-7-12)10-23-20-17-16-13-2-1-3-14(13)18(16)28-21(17)26-19(25-20)15-8-9-24-27-15/h2,4-9,14H,1,3,10H2,(H,23,25,26). The minimum absolute atomic E-state index is 0.237. The van der Waals surface area contributed by atoms with Gasteiger partial charge in [-0.2, -0.15) is 0 Å². The van der Waals surface area contributed by atoms with E-state index in [0.717, 1.165) is 28.0 Å². The number of nitrogens with one attached hydrogen (secondary N) is 1. The monoisotopic (exact) mass is 390 g/mol. The van der Waals surface area contributed by atoms with Crippen molar-refractivity contribution in [2.75, 3.05) is 5.32 Å². The quantitative estimate of drug-likeness (QED) is 0.507. The first-order chi connectivity index (χ1) is 13.8. The van der Waals surface area contributed by atoms with Gasteiger partial charge in [0.25, 0.3) is 0 Å². The van der Waals surface area contributed by atoms with Crippen LogP contribution in [0.5, 0.6) is 0 Å². The van der Waals surface area contributed by atoms with Gasteiger partial charge in [0.15, 0.2) is 0 Å². The number of thiophene rings is 1. The molecule has 3 heterocycles. The van der Waals surface area contributed by atoms with Crippen LogP contribution in [0.2, 0.25) is 0 Å². The second-order valence-corrected chi connectivity index (χ2v) is 8.09. The summed E-state index contributed by atoms with van der Waals surface area (Å²) >= 11 is 1.75. The van der Waals surface area contributed by atoms with E-state index in [2.05, 4.69) is 16.5 Å². The van der Waals surface area contributed by atoms with Gasteiger partial charge in [0.05, 0.1) is 11.6 Å². The molecule has 0 spiro atoms. The first-order valence-electron chi connectivity index (χ1n) is 9.22. The summed E-state index contributed by atoms with van der Waals surface area (Å²) in [7, 11) is 0. The summed E-state index contributed by atoms with van der Waals surface area (Å²) in [6.07, 6.45) is 6.26. The van der Waals surface area contributed by atoms with Crippen molar-refractivity contribution in [1.29, 1.82) is 0 Å². The Balaban J connectivity index is 1.47. The van der Waals surface area contributed by atoms with Crippen molar-refractivity contribution in [3.63, 3.8) is 0 Å². The Morgan fingerprint density at radius 2 is 2.07 bits per heavy atom. The van der Waals surface area contributed by atoms with Crippen molar-refractivity contribution < 1.29 is 8.91 Å². The van der Waals surface area contributed by atoms with Crippen LogP contribution >= 0.6 is 11.3 Å². The van der Waals surface area contributed by atoms with Crippen LogP contribution in [-0.4, -0.2) is 15.1 Å². The smallest absolute Gasteiger partial charge is 0.204 e. The van der Waals surface area contributed by atoms with E-state index in [1.807, 2.05) is 0 Å². The summed E-state index contributed by atoms with van der Waals surface area (Å²) < 4.78 is 18.5. The Morgan fingerprint density at radius 3 is 2.89 bits per heavy atom. The van der Waals surface area contributed by atoms with Gasteiger partial charge in [0.1, 0.15) is 16.5 Å². The molecule has 28 heavy (non-hydrogen) atoms. The lowest BCUT2D eigenvalue weighted by Gasteiger charge is -2.26. The molecule has 1 N–H and O–H groups in total. The third-order valence-corrected chi connectivity index (χ3v) is 6.61. The Bertz CT molecular complexity index is 1230. The molecule has 2 aliphatic rings. The molecule has 0 aliphatic heterocycles. The maximum Gasteiger partial charge on any atom is 0.204 e. The maximum atomic E-state index is 13.2. The highest BCUT2D eigenvalue weighted by Crippen LogP contribution is 2.59. The largest absolute Gasteiger partial charge is 0.365 e. The van der Waals surface area contributed by atoms with E-state index < -0.39 is 0 Å². The number of allylic oxidation sites excluding steroid dienone is 2. The van der Waals surface area contributed by atoms with Crippen molar-refractivity contribution in [2.45, 2.75) is 25.3 Å². The summed E-state index contributed by atoms with van der Waals surface area (Å²) in [5, 5.41) is 8.29. The number of anilines is 1. The van der Waals surface area contributed by atoms with Crippen LogP contribution in [0.4, 0.5) is 10.2 Å². The van der Waals surface area contributed by atoms with Crippen LogP contribution in [0.3, 0.4) is 0 Å². The zero-order chi connectivity index (χ0) is 18.7. The fraction of sp³-hybridized carbons (Fsp3) is 0.190. The predicted molar refractivity (Wildman–Crippen MR) is 107 cm³/mol. The van der Waals surface area contributed by atoms with E-state index in [0.29, 0.717) is 24.0 Å². The molecule has 1 atom stereocenters. The molecule has 138 valence electrons. The fourth-order valence-electron chi connectivity index (χ4n) is 4.08. The average Bonchev–Trinajstić information content (AvgIpc) is 3.42. The van der Waals surface area contributed by atoms with Gasteiger partial charge in [0.2, 0.25) is 11.6 Å². The molecule has 2 aliphatic carbocycles.